The number of ether oxygens (including phenoxy) is 1. The maximum atomic E-state index is 7.11. The fourth-order valence-electron chi connectivity index (χ4n) is 0.929. The highest BCUT2D eigenvalue weighted by Gasteiger charge is 1.95. The fraction of sp³-hybridized carbons (Fsp3) is 0.222. The Hall–Kier alpha value is -1.09. The molecule has 0 bridgehead atoms. The van der Waals surface area contributed by atoms with E-state index < -0.39 is 0 Å². The summed E-state index contributed by atoms with van der Waals surface area (Å²) in [7, 11) is 1.63. The average Bonchev–Trinajstić information content (AvgIpc) is 2.05. The minimum absolute atomic E-state index is 0.264. The smallest absolute Gasteiger partial charge is 0.118 e. The van der Waals surface area contributed by atoms with E-state index in [1.165, 1.54) is 0 Å². The van der Waals surface area contributed by atoms with E-state index in [9.17, 15) is 0 Å². The van der Waals surface area contributed by atoms with E-state index in [4.69, 9.17) is 10.5 Å². The van der Waals surface area contributed by atoms with Crippen LogP contribution in [0.25, 0.3) is 0 Å². The van der Waals surface area contributed by atoms with E-state index in [1.54, 1.807) is 7.11 Å². The summed E-state index contributed by atoms with van der Waals surface area (Å²) in [5.74, 6) is 0.828. The van der Waals surface area contributed by atoms with Crippen LogP contribution in [0.4, 0.5) is 0 Å². The van der Waals surface area contributed by atoms with Crippen LogP contribution >= 0.6 is 12.2 Å². The van der Waals surface area contributed by atoms with Gasteiger partial charge in [-0.1, -0.05) is 24.4 Å². The van der Waals surface area contributed by atoms with Gasteiger partial charge >= 0.3 is 0 Å². The van der Waals surface area contributed by atoms with Crippen molar-refractivity contribution in [3.63, 3.8) is 0 Å². The van der Waals surface area contributed by atoms with Gasteiger partial charge in [0.15, 0.2) is 0 Å². The average molecular weight is 180 g/mol. The van der Waals surface area contributed by atoms with Gasteiger partial charge in [-0.05, 0) is 17.7 Å². The number of methoxy groups -OCH3 is 1. The minimum Gasteiger partial charge on any atom is -0.497 e. The van der Waals surface area contributed by atoms with Crippen molar-refractivity contribution in [1.82, 2.24) is 5.73 Å². The lowest BCUT2D eigenvalue weighted by Gasteiger charge is -2.01. The monoisotopic (exact) mass is 180 g/mol. The summed E-state index contributed by atoms with van der Waals surface area (Å²) in [6, 6.07) is 7.57. The van der Waals surface area contributed by atoms with Gasteiger partial charge in [-0.2, -0.15) is 0 Å². The van der Waals surface area contributed by atoms with E-state index in [1.807, 2.05) is 24.3 Å². The highest BCUT2D eigenvalue weighted by atomic mass is 32.1. The maximum Gasteiger partial charge on any atom is 0.118 e. The van der Waals surface area contributed by atoms with Crippen molar-refractivity contribution in [2.45, 2.75) is 6.42 Å². The van der Waals surface area contributed by atoms with Crippen LogP contribution in [-0.4, -0.2) is 12.1 Å². The first-order valence-corrected chi connectivity index (χ1v) is 4.00. The van der Waals surface area contributed by atoms with Crippen LogP contribution < -0.4 is 10.5 Å². The standard InChI is InChI=1S/C9H10NOS/c1-11-8-4-2-7(3-5-8)6-9(10)12/h2-5,10H,6H2,1H3. The molecule has 1 radical (unpaired) electrons. The van der Waals surface area contributed by atoms with Gasteiger partial charge in [0.1, 0.15) is 5.75 Å². The zero-order valence-corrected chi connectivity index (χ0v) is 7.65. The van der Waals surface area contributed by atoms with Crippen LogP contribution in [-0.2, 0) is 6.42 Å². The van der Waals surface area contributed by atoms with E-state index >= 15 is 0 Å². The Bertz CT molecular complexity index is 268. The SMILES string of the molecule is COc1ccc(CC([NH])=S)cc1. The first kappa shape index (κ1) is 9.00. The summed E-state index contributed by atoms with van der Waals surface area (Å²) in [6.45, 7) is 0. The molecule has 0 amide bonds. The molecule has 0 unspecified atom stereocenters. The van der Waals surface area contributed by atoms with E-state index in [2.05, 4.69) is 12.2 Å². The van der Waals surface area contributed by atoms with Gasteiger partial charge in [0, 0.05) is 6.42 Å². The third-order valence-electron chi connectivity index (χ3n) is 1.52. The van der Waals surface area contributed by atoms with Crippen LogP contribution in [0.1, 0.15) is 5.56 Å². The molecular formula is C9H10NOS. The molecule has 0 heterocycles. The molecule has 1 N–H and O–H groups in total. The van der Waals surface area contributed by atoms with E-state index in [0.717, 1.165) is 11.3 Å². The fourth-order valence-corrected chi connectivity index (χ4v) is 1.10. The number of hydrogen-bond donors (Lipinski definition) is 0. The predicted molar refractivity (Wildman–Crippen MR) is 52.4 cm³/mol. The molecule has 2 nitrogen and oxygen atoms in total. The predicted octanol–water partition coefficient (Wildman–Crippen LogP) is 1.85. The van der Waals surface area contributed by atoms with E-state index in [-0.39, 0.29) is 4.99 Å². The summed E-state index contributed by atoms with van der Waals surface area (Å²) in [5, 5.41) is 0. The molecule has 63 valence electrons. The van der Waals surface area contributed by atoms with Gasteiger partial charge in [-0.25, -0.2) is 0 Å². The zero-order valence-electron chi connectivity index (χ0n) is 6.83. The molecule has 0 spiro atoms. The van der Waals surface area contributed by atoms with Crippen LogP contribution in [0.3, 0.4) is 0 Å². The molecule has 1 aromatic carbocycles. The van der Waals surface area contributed by atoms with Gasteiger partial charge in [0.25, 0.3) is 0 Å². The van der Waals surface area contributed by atoms with Crippen molar-refractivity contribution in [1.29, 1.82) is 0 Å². The number of nitrogens with one attached hydrogen (secondary N) is 1. The summed E-state index contributed by atoms with van der Waals surface area (Å²) in [4.78, 5) is 0.264. The summed E-state index contributed by atoms with van der Waals surface area (Å²) < 4.78 is 4.99. The minimum atomic E-state index is 0.264. The van der Waals surface area contributed by atoms with Crippen molar-refractivity contribution >= 4 is 17.2 Å². The van der Waals surface area contributed by atoms with Crippen molar-refractivity contribution in [3.8, 4) is 5.75 Å². The summed E-state index contributed by atoms with van der Waals surface area (Å²) in [6.07, 6.45) is 0.541. The second-order valence-electron chi connectivity index (χ2n) is 2.45. The summed E-state index contributed by atoms with van der Waals surface area (Å²) >= 11 is 4.67. The van der Waals surface area contributed by atoms with Crippen molar-refractivity contribution in [3.05, 3.63) is 29.8 Å². The lowest BCUT2D eigenvalue weighted by Crippen LogP contribution is -1.99. The second kappa shape index (κ2) is 4.07. The molecule has 3 heteroatoms. The largest absolute Gasteiger partial charge is 0.497 e. The molecular weight excluding hydrogens is 170 g/mol. The number of rotatable bonds is 3. The van der Waals surface area contributed by atoms with Gasteiger partial charge in [0.2, 0.25) is 0 Å². The molecule has 0 aromatic heterocycles. The van der Waals surface area contributed by atoms with Crippen LogP contribution in [0, 0.1) is 0 Å². The Kier molecular flexibility index (Phi) is 3.05. The zero-order chi connectivity index (χ0) is 8.97. The van der Waals surface area contributed by atoms with Crippen LogP contribution in [0.2, 0.25) is 0 Å². The highest BCUT2D eigenvalue weighted by Crippen LogP contribution is 2.11. The Morgan fingerprint density at radius 1 is 1.42 bits per heavy atom. The van der Waals surface area contributed by atoms with Crippen molar-refractivity contribution in [2.24, 2.45) is 0 Å². The third-order valence-corrected chi connectivity index (χ3v) is 1.67. The lowest BCUT2D eigenvalue weighted by molar-refractivity contribution is 0.414. The molecule has 12 heavy (non-hydrogen) atoms. The molecule has 1 aromatic rings. The molecule has 0 atom stereocenters. The topological polar surface area (TPSA) is 33.0 Å². The molecule has 1 rings (SSSR count). The number of thiocarbonyl (C=S) groups is 1. The second-order valence-corrected chi connectivity index (χ2v) is 2.94. The Labute approximate surface area is 77.3 Å². The Morgan fingerprint density at radius 2 is 2.00 bits per heavy atom. The maximum absolute atomic E-state index is 7.11. The highest BCUT2D eigenvalue weighted by molar-refractivity contribution is 7.80. The quantitative estimate of drug-likeness (QED) is 0.665. The first-order chi connectivity index (χ1) is 5.72. The van der Waals surface area contributed by atoms with Gasteiger partial charge < -0.3 is 4.74 Å². The first-order valence-electron chi connectivity index (χ1n) is 3.59. The molecule has 0 aliphatic heterocycles. The molecule has 0 aliphatic rings. The van der Waals surface area contributed by atoms with Gasteiger partial charge in [-0.15, -0.1) is 0 Å². The number of hydrogen-bond acceptors (Lipinski definition) is 2. The molecule has 0 aliphatic carbocycles. The van der Waals surface area contributed by atoms with Gasteiger partial charge in [-0.3, -0.25) is 5.73 Å². The van der Waals surface area contributed by atoms with Crippen LogP contribution in [0.5, 0.6) is 5.75 Å². The number of benzene rings is 1. The molecule has 0 saturated heterocycles. The van der Waals surface area contributed by atoms with Crippen LogP contribution in [0.15, 0.2) is 24.3 Å². The van der Waals surface area contributed by atoms with Crippen molar-refractivity contribution in [2.75, 3.05) is 7.11 Å². The summed E-state index contributed by atoms with van der Waals surface area (Å²) in [5.41, 5.74) is 8.17. The molecule has 0 saturated carbocycles. The lowest BCUT2D eigenvalue weighted by atomic mass is 10.1. The van der Waals surface area contributed by atoms with Gasteiger partial charge in [0.05, 0.1) is 12.1 Å². The Balaban J connectivity index is 2.71. The van der Waals surface area contributed by atoms with E-state index in [0.29, 0.717) is 6.42 Å². The van der Waals surface area contributed by atoms with Crippen molar-refractivity contribution < 1.29 is 4.74 Å². The molecule has 0 fully saturated rings. The normalized spacial score (nSPS) is 9.42. The Morgan fingerprint density at radius 3 is 2.42 bits per heavy atom. The third kappa shape index (κ3) is 2.51.